The minimum absolute atomic E-state index is 0.0606. The van der Waals surface area contributed by atoms with Crippen molar-refractivity contribution >= 4 is 17.8 Å². The van der Waals surface area contributed by atoms with Gasteiger partial charge in [-0.3, -0.25) is 4.79 Å². The highest BCUT2D eigenvalue weighted by atomic mass is 16.5. The number of hydrogen-bond acceptors (Lipinski definition) is 5. The molecule has 0 spiro atoms. The van der Waals surface area contributed by atoms with Gasteiger partial charge in [-0.15, -0.1) is 0 Å². The number of methoxy groups -OCH3 is 1. The molecule has 0 amide bonds. The summed E-state index contributed by atoms with van der Waals surface area (Å²) in [6.45, 7) is 1.80. The summed E-state index contributed by atoms with van der Waals surface area (Å²) in [7, 11) is 3.64. The number of ketones is 1. The SMILES string of the molecule is COc1ccccc1CCNCCCCC(=O)c1ccc2c(c1)CCC(C=O)N2C. The van der Waals surface area contributed by atoms with E-state index in [1.165, 1.54) is 11.1 Å². The topological polar surface area (TPSA) is 58.6 Å². The van der Waals surface area contributed by atoms with Gasteiger partial charge in [0.2, 0.25) is 0 Å². The maximum Gasteiger partial charge on any atom is 0.162 e. The molecule has 0 aliphatic carbocycles. The van der Waals surface area contributed by atoms with E-state index in [-0.39, 0.29) is 11.8 Å². The second-order valence-corrected chi connectivity index (χ2v) is 7.89. The maximum atomic E-state index is 12.6. The Bertz CT molecular complexity index is 865. The van der Waals surface area contributed by atoms with E-state index in [4.69, 9.17) is 4.74 Å². The zero-order chi connectivity index (χ0) is 21.3. The number of hydrogen-bond donors (Lipinski definition) is 1. The number of Topliss-reactive ketones (excluding diaryl/α,β-unsaturated/α-hetero) is 1. The number of anilines is 1. The van der Waals surface area contributed by atoms with Gasteiger partial charge in [-0.1, -0.05) is 18.2 Å². The van der Waals surface area contributed by atoms with Gasteiger partial charge in [0.15, 0.2) is 5.78 Å². The molecule has 0 fully saturated rings. The molecule has 2 aromatic rings. The van der Waals surface area contributed by atoms with Crippen molar-refractivity contribution in [1.82, 2.24) is 5.32 Å². The van der Waals surface area contributed by atoms with Gasteiger partial charge in [0.1, 0.15) is 12.0 Å². The van der Waals surface area contributed by atoms with Crippen LogP contribution in [0.5, 0.6) is 5.75 Å². The van der Waals surface area contributed by atoms with Crippen molar-refractivity contribution in [2.24, 2.45) is 0 Å². The normalized spacial score (nSPS) is 15.5. The van der Waals surface area contributed by atoms with Crippen LogP contribution in [0, 0.1) is 0 Å². The lowest BCUT2D eigenvalue weighted by Gasteiger charge is -2.33. The molecule has 1 atom stereocenters. The summed E-state index contributed by atoms with van der Waals surface area (Å²) in [4.78, 5) is 25.7. The van der Waals surface area contributed by atoms with Crippen molar-refractivity contribution in [2.45, 2.75) is 44.6 Å². The van der Waals surface area contributed by atoms with Crippen LogP contribution in [-0.2, 0) is 17.6 Å². The molecule has 30 heavy (non-hydrogen) atoms. The minimum Gasteiger partial charge on any atom is -0.496 e. The number of fused-ring (bicyclic) bond motifs is 1. The molecule has 0 radical (unpaired) electrons. The predicted octanol–water partition coefficient (Wildman–Crippen LogP) is 3.83. The van der Waals surface area contributed by atoms with Crippen molar-refractivity contribution in [1.29, 1.82) is 0 Å². The van der Waals surface area contributed by atoms with E-state index in [1.807, 2.05) is 48.3 Å². The van der Waals surface area contributed by atoms with Gasteiger partial charge >= 0.3 is 0 Å². The molecular formula is C25H32N2O3. The molecule has 0 saturated carbocycles. The molecule has 5 heteroatoms. The highest BCUT2D eigenvalue weighted by Gasteiger charge is 2.23. The number of ether oxygens (including phenoxy) is 1. The fourth-order valence-electron chi connectivity index (χ4n) is 4.08. The van der Waals surface area contributed by atoms with E-state index in [0.717, 1.165) is 68.5 Å². The number of aldehydes is 1. The highest BCUT2D eigenvalue weighted by Crippen LogP contribution is 2.30. The zero-order valence-corrected chi connectivity index (χ0v) is 18.0. The fourth-order valence-corrected chi connectivity index (χ4v) is 4.08. The molecule has 5 nitrogen and oxygen atoms in total. The molecule has 1 aliphatic heterocycles. The second-order valence-electron chi connectivity index (χ2n) is 7.89. The number of carbonyl (C=O) groups is 2. The molecule has 1 heterocycles. The zero-order valence-electron chi connectivity index (χ0n) is 18.0. The highest BCUT2D eigenvalue weighted by molar-refractivity contribution is 5.96. The van der Waals surface area contributed by atoms with Crippen molar-refractivity contribution in [2.75, 3.05) is 32.1 Å². The first-order chi connectivity index (χ1) is 14.6. The number of carbonyl (C=O) groups excluding carboxylic acids is 2. The molecule has 0 aromatic heterocycles. The summed E-state index contributed by atoms with van der Waals surface area (Å²) >= 11 is 0. The monoisotopic (exact) mass is 408 g/mol. The van der Waals surface area contributed by atoms with E-state index in [9.17, 15) is 9.59 Å². The predicted molar refractivity (Wildman–Crippen MR) is 121 cm³/mol. The lowest BCUT2D eigenvalue weighted by Crippen LogP contribution is -2.37. The second kappa shape index (κ2) is 10.9. The number of benzene rings is 2. The van der Waals surface area contributed by atoms with Crippen LogP contribution >= 0.6 is 0 Å². The summed E-state index contributed by atoms with van der Waals surface area (Å²) in [6, 6.07) is 13.9. The largest absolute Gasteiger partial charge is 0.496 e. The summed E-state index contributed by atoms with van der Waals surface area (Å²) in [5, 5.41) is 3.45. The summed E-state index contributed by atoms with van der Waals surface area (Å²) in [5.41, 5.74) is 4.23. The van der Waals surface area contributed by atoms with Crippen LogP contribution in [-0.4, -0.2) is 45.4 Å². The van der Waals surface area contributed by atoms with Gasteiger partial charge < -0.3 is 19.7 Å². The van der Waals surface area contributed by atoms with Gasteiger partial charge in [0, 0.05) is 24.7 Å². The minimum atomic E-state index is -0.0606. The molecule has 3 rings (SSSR count). The Kier molecular flexibility index (Phi) is 8.03. The third-order valence-electron chi connectivity index (χ3n) is 5.92. The van der Waals surface area contributed by atoms with Crippen molar-refractivity contribution in [3.05, 3.63) is 59.2 Å². The molecular weight excluding hydrogens is 376 g/mol. The number of para-hydroxylation sites is 1. The summed E-state index contributed by atoms with van der Waals surface area (Å²) < 4.78 is 5.38. The Labute approximate surface area is 179 Å². The maximum absolute atomic E-state index is 12.6. The molecule has 2 aromatic carbocycles. The molecule has 0 saturated heterocycles. The molecule has 160 valence electrons. The average Bonchev–Trinajstić information content (AvgIpc) is 2.78. The Morgan fingerprint density at radius 2 is 2.03 bits per heavy atom. The lowest BCUT2D eigenvalue weighted by molar-refractivity contribution is -0.109. The number of aryl methyl sites for hydroxylation is 1. The van der Waals surface area contributed by atoms with Gasteiger partial charge in [0.05, 0.1) is 13.2 Å². The molecule has 1 unspecified atom stereocenters. The number of nitrogens with zero attached hydrogens (tertiary/aromatic N) is 1. The van der Waals surface area contributed by atoms with Crippen LogP contribution in [0.15, 0.2) is 42.5 Å². The summed E-state index contributed by atoms with van der Waals surface area (Å²) in [6.07, 6.45) is 6.02. The van der Waals surface area contributed by atoms with E-state index in [2.05, 4.69) is 11.4 Å². The van der Waals surface area contributed by atoms with Gasteiger partial charge in [-0.2, -0.15) is 0 Å². The van der Waals surface area contributed by atoms with Crippen LogP contribution in [0.3, 0.4) is 0 Å². The van der Waals surface area contributed by atoms with Crippen LogP contribution in [0.1, 0.15) is 47.2 Å². The van der Waals surface area contributed by atoms with Gasteiger partial charge in [0.25, 0.3) is 0 Å². The number of nitrogens with one attached hydrogen (secondary N) is 1. The van der Waals surface area contributed by atoms with Crippen molar-refractivity contribution in [3.8, 4) is 5.75 Å². The number of unbranched alkanes of at least 4 members (excludes halogenated alkanes) is 1. The van der Waals surface area contributed by atoms with Crippen LogP contribution in [0.4, 0.5) is 5.69 Å². The van der Waals surface area contributed by atoms with E-state index in [1.54, 1.807) is 7.11 Å². The van der Waals surface area contributed by atoms with Crippen molar-refractivity contribution < 1.29 is 14.3 Å². The number of likely N-dealkylation sites (N-methyl/N-ethyl adjacent to an activating group) is 1. The van der Waals surface area contributed by atoms with Gasteiger partial charge in [-0.25, -0.2) is 0 Å². The fraction of sp³-hybridized carbons (Fsp3) is 0.440. The third kappa shape index (κ3) is 5.48. The average molecular weight is 409 g/mol. The first kappa shape index (κ1) is 22.0. The first-order valence-electron chi connectivity index (χ1n) is 10.8. The third-order valence-corrected chi connectivity index (χ3v) is 5.92. The molecule has 1 N–H and O–H groups in total. The quantitative estimate of drug-likeness (QED) is 0.348. The van der Waals surface area contributed by atoms with Crippen LogP contribution in [0.25, 0.3) is 0 Å². The van der Waals surface area contributed by atoms with Crippen LogP contribution in [0.2, 0.25) is 0 Å². The number of rotatable bonds is 11. The first-order valence-corrected chi connectivity index (χ1v) is 10.8. The standard InChI is InChI=1S/C25H32N2O3/c1-27-22(18-28)12-10-20-17-21(11-13-23(20)27)24(29)8-5-6-15-26-16-14-19-7-3-4-9-25(19)30-2/h3-4,7,9,11,13,17-18,22,26H,5-6,8,10,12,14-16H2,1-2H3. The van der Waals surface area contributed by atoms with Crippen molar-refractivity contribution in [3.63, 3.8) is 0 Å². The van der Waals surface area contributed by atoms with E-state index >= 15 is 0 Å². The molecule has 0 bridgehead atoms. The smallest absolute Gasteiger partial charge is 0.162 e. The Hall–Kier alpha value is -2.66. The van der Waals surface area contributed by atoms with E-state index < -0.39 is 0 Å². The van der Waals surface area contributed by atoms with Gasteiger partial charge in [-0.05, 0) is 80.6 Å². The Morgan fingerprint density at radius 3 is 2.83 bits per heavy atom. The van der Waals surface area contributed by atoms with E-state index in [0.29, 0.717) is 6.42 Å². The summed E-state index contributed by atoms with van der Waals surface area (Å²) in [5.74, 6) is 1.13. The Balaban J connectivity index is 1.38. The van der Waals surface area contributed by atoms with Crippen LogP contribution < -0.4 is 15.0 Å². The molecule has 1 aliphatic rings. The Morgan fingerprint density at radius 1 is 1.20 bits per heavy atom. The lowest BCUT2D eigenvalue weighted by atomic mass is 9.93.